The van der Waals surface area contributed by atoms with Gasteiger partial charge in [-0.1, -0.05) is 25.5 Å². The zero-order valence-electron chi connectivity index (χ0n) is 13.1. The molecule has 3 N–H and O–H groups in total. The average Bonchev–Trinajstić information content (AvgIpc) is 2.45. The summed E-state index contributed by atoms with van der Waals surface area (Å²) >= 11 is 0. The molecule has 0 saturated heterocycles. The molecule has 0 bridgehead atoms. The predicted molar refractivity (Wildman–Crippen MR) is 83.7 cm³/mol. The number of nitro benzene ring substituents is 1. The smallest absolute Gasteiger partial charge is 0.315 e. The van der Waals surface area contributed by atoms with Crippen LogP contribution in [0.4, 0.5) is 10.5 Å². The van der Waals surface area contributed by atoms with Crippen LogP contribution in [0, 0.1) is 17.0 Å². The number of hydrogen-bond acceptors (Lipinski definition) is 4. The van der Waals surface area contributed by atoms with Crippen LogP contribution in [0.3, 0.4) is 0 Å². The minimum atomic E-state index is -0.563. The van der Waals surface area contributed by atoms with Crippen LogP contribution in [-0.2, 0) is 0 Å². The minimum absolute atomic E-state index is 0.0323. The first-order chi connectivity index (χ1) is 10.3. The number of amides is 2. The maximum atomic E-state index is 11.8. The van der Waals surface area contributed by atoms with Gasteiger partial charge in [0.2, 0.25) is 0 Å². The minimum Gasteiger partial charge on any atom is -0.391 e. The van der Waals surface area contributed by atoms with Crippen LogP contribution >= 0.6 is 0 Å². The van der Waals surface area contributed by atoms with E-state index in [1.54, 1.807) is 26.0 Å². The molecule has 122 valence electrons. The Hall–Kier alpha value is -2.15. The van der Waals surface area contributed by atoms with Gasteiger partial charge in [0.15, 0.2) is 0 Å². The third-order valence-electron chi connectivity index (χ3n) is 3.40. The number of nitrogens with zero attached hydrogens (tertiary/aromatic N) is 1. The van der Waals surface area contributed by atoms with Crippen molar-refractivity contribution in [2.24, 2.45) is 0 Å². The molecule has 2 unspecified atom stereocenters. The Morgan fingerprint density at radius 1 is 1.45 bits per heavy atom. The van der Waals surface area contributed by atoms with Crippen molar-refractivity contribution in [1.82, 2.24) is 10.6 Å². The van der Waals surface area contributed by atoms with Gasteiger partial charge >= 0.3 is 6.03 Å². The summed E-state index contributed by atoms with van der Waals surface area (Å²) in [6, 6.07) is 4.09. The number of nitro groups is 1. The predicted octanol–water partition coefficient (Wildman–Crippen LogP) is 2.42. The lowest BCUT2D eigenvalue weighted by atomic mass is 10.0. The van der Waals surface area contributed by atoms with Gasteiger partial charge in [-0.15, -0.1) is 0 Å². The van der Waals surface area contributed by atoms with E-state index in [2.05, 4.69) is 10.6 Å². The first-order valence-corrected chi connectivity index (χ1v) is 7.32. The normalized spacial score (nSPS) is 13.3. The van der Waals surface area contributed by atoms with Crippen molar-refractivity contribution in [3.8, 4) is 0 Å². The van der Waals surface area contributed by atoms with Crippen molar-refractivity contribution in [2.45, 2.75) is 45.8 Å². The number of benzene rings is 1. The van der Waals surface area contributed by atoms with Gasteiger partial charge in [0.1, 0.15) is 0 Å². The second-order valence-corrected chi connectivity index (χ2v) is 5.32. The molecule has 1 aromatic rings. The summed E-state index contributed by atoms with van der Waals surface area (Å²) in [5.41, 5.74) is 1.26. The highest BCUT2D eigenvalue weighted by Gasteiger charge is 2.16. The van der Waals surface area contributed by atoms with Crippen LogP contribution in [-0.4, -0.2) is 28.7 Å². The highest BCUT2D eigenvalue weighted by atomic mass is 16.6. The largest absolute Gasteiger partial charge is 0.391 e. The first-order valence-electron chi connectivity index (χ1n) is 7.32. The third-order valence-corrected chi connectivity index (χ3v) is 3.40. The molecular formula is C15H23N3O4. The lowest BCUT2D eigenvalue weighted by Crippen LogP contribution is -2.40. The Balaban J connectivity index is 2.61. The van der Waals surface area contributed by atoms with E-state index in [1.165, 1.54) is 6.07 Å². The number of aryl methyl sites for hydroxylation is 1. The maximum Gasteiger partial charge on any atom is 0.315 e. The van der Waals surface area contributed by atoms with Gasteiger partial charge in [0.05, 0.1) is 17.1 Å². The Morgan fingerprint density at radius 3 is 2.73 bits per heavy atom. The van der Waals surface area contributed by atoms with Gasteiger partial charge < -0.3 is 15.7 Å². The van der Waals surface area contributed by atoms with E-state index < -0.39 is 17.1 Å². The van der Waals surface area contributed by atoms with Crippen molar-refractivity contribution in [3.63, 3.8) is 0 Å². The van der Waals surface area contributed by atoms with Crippen molar-refractivity contribution in [3.05, 3.63) is 39.4 Å². The molecule has 0 heterocycles. The molecule has 2 atom stereocenters. The number of carbonyl (C=O) groups excluding carboxylic acids is 1. The van der Waals surface area contributed by atoms with E-state index in [-0.39, 0.29) is 18.3 Å². The summed E-state index contributed by atoms with van der Waals surface area (Å²) in [5, 5.41) is 25.8. The Morgan fingerprint density at radius 2 is 2.14 bits per heavy atom. The van der Waals surface area contributed by atoms with Crippen molar-refractivity contribution in [2.75, 3.05) is 6.54 Å². The number of nitrogens with one attached hydrogen (secondary N) is 2. The average molecular weight is 309 g/mol. The van der Waals surface area contributed by atoms with E-state index in [0.717, 1.165) is 6.42 Å². The molecule has 0 aliphatic rings. The van der Waals surface area contributed by atoms with Gasteiger partial charge in [-0.3, -0.25) is 10.1 Å². The molecule has 0 aromatic heterocycles. The van der Waals surface area contributed by atoms with Gasteiger partial charge in [0.25, 0.3) is 5.69 Å². The molecule has 1 aromatic carbocycles. The van der Waals surface area contributed by atoms with E-state index in [0.29, 0.717) is 17.5 Å². The summed E-state index contributed by atoms with van der Waals surface area (Å²) in [4.78, 5) is 22.3. The number of aliphatic hydroxyl groups is 1. The summed E-state index contributed by atoms with van der Waals surface area (Å²) in [5.74, 6) is 0. The standard InChI is InChI=1S/C15H23N3O4/c1-4-5-13(19)9-16-15(20)17-11(3)12-7-6-10(2)14(8-12)18(21)22/h6-8,11,13,19H,4-5,9H2,1-3H3,(H2,16,17,20). The number of carbonyl (C=O) groups is 1. The number of rotatable bonds is 7. The van der Waals surface area contributed by atoms with Crippen LogP contribution in [0.1, 0.15) is 43.9 Å². The van der Waals surface area contributed by atoms with Gasteiger partial charge in [0, 0.05) is 18.2 Å². The maximum absolute atomic E-state index is 11.8. The molecule has 0 fully saturated rings. The molecule has 7 nitrogen and oxygen atoms in total. The van der Waals surface area contributed by atoms with E-state index in [4.69, 9.17) is 0 Å². The lowest BCUT2D eigenvalue weighted by Gasteiger charge is -2.16. The quantitative estimate of drug-likeness (QED) is 0.531. The van der Waals surface area contributed by atoms with Crippen molar-refractivity contribution in [1.29, 1.82) is 0 Å². The van der Waals surface area contributed by atoms with Crippen molar-refractivity contribution >= 4 is 11.7 Å². The molecule has 2 amide bonds. The highest BCUT2D eigenvalue weighted by Crippen LogP contribution is 2.23. The highest BCUT2D eigenvalue weighted by molar-refractivity contribution is 5.74. The van der Waals surface area contributed by atoms with E-state index in [1.807, 2.05) is 6.92 Å². The van der Waals surface area contributed by atoms with Crippen LogP contribution < -0.4 is 10.6 Å². The van der Waals surface area contributed by atoms with Gasteiger partial charge in [-0.25, -0.2) is 4.79 Å². The second kappa shape index (κ2) is 8.33. The molecule has 0 saturated carbocycles. The SMILES string of the molecule is CCCC(O)CNC(=O)NC(C)c1ccc(C)c([N+](=O)[O-])c1. The molecule has 1 rings (SSSR count). The third kappa shape index (κ3) is 5.33. The molecule has 0 radical (unpaired) electrons. The number of aliphatic hydroxyl groups excluding tert-OH is 1. The second-order valence-electron chi connectivity index (χ2n) is 5.32. The summed E-state index contributed by atoms with van der Waals surface area (Å²) < 4.78 is 0. The molecule has 0 spiro atoms. The summed E-state index contributed by atoms with van der Waals surface area (Å²) in [6.45, 7) is 5.55. The molecule has 7 heteroatoms. The van der Waals surface area contributed by atoms with Crippen LogP contribution in [0.2, 0.25) is 0 Å². The van der Waals surface area contributed by atoms with Crippen LogP contribution in [0.15, 0.2) is 18.2 Å². The number of urea groups is 1. The van der Waals surface area contributed by atoms with Crippen LogP contribution in [0.25, 0.3) is 0 Å². The zero-order valence-corrected chi connectivity index (χ0v) is 13.1. The number of hydrogen-bond donors (Lipinski definition) is 3. The fraction of sp³-hybridized carbons (Fsp3) is 0.533. The Bertz CT molecular complexity index is 534. The Labute approximate surface area is 129 Å². The first kappa shape index (κ1) is 17.9. The fourth-order valence-corrected chi connectivity index (χ4v) is 2.07. The monoisotopic (exact) mass is 309 g/mol. The topological polar surface area (TPSA) is 104 Å². The Kier molecular flexibility index (Phi) is 6.78. The molecular weight excluding hydrogens is 286 g/mol. The summed E-state index contributed by atoms with van der Waals surface area (Å²) in [7, 11) is 0. The summed E-state index contributed by atoms with van der Waals surface area (Å²) in [6.07, 6.45) is 0.903. The lowest BCUT2D eigenvalue weighted by molar-refractivity contribution is -0.385. The fourth-order valence-electron chi connectivity index (χ4n) is 2.07. The molecule has 0 aliphatic carbocycles. The van der Waals surface area contributed by atoms with Gasteiger partial charge in [-0.2, -0.15) is 0 Å². The van der Waals surface area contributed by atoms with Crippen LogP contribution in [0.5, 0.6) is 0 Å². The van der Waals surface area contributed by atoms with Gasteiger partial charge in [-0.05, 0) is 25.8 Å². The zero-order chi connectivity index (χ0) is 16.7. The molecule has 22 heavy (non-hydrogen) atoms. The van der Waals surface area contributed by atoms with E-state index in [9.17, 15) is 20.0 Å². The molecule has 0 aliphatic heterocycles. The van der Waals surface area contributed by atoms with E-state index >= 15 is 0 Å². The van der Waals surface area contributed by atoms with Crippen molar-refractivity contribution < 1.29 is 14.8 Å².